The number of carboxylic acids is 1. The summed E-state index contributed by atoms with van der Waals surface area (Å²) in [4.78, 5) is 27.1. The van der Waals surface area contributed by atoms with Gasteiger partial charge in [0.1, 0.15) is 5.92 Å². The van der Waals surface area contributed by atoms with Crippen LogP contribution in [0, 0.1) is 0 Å². The van der Waals surface area contributed by atoms with E-state index in [0.29, 0.717) is 24.3 Å². The molecule has 0 fully saturated rings. The molecule has 110 valence electrons. The summed E-state index contributed by atoms with van der Waals surface area (Å²) >= 11 is 0. The summed E-state index contributed by atoms with van der Waals surface area (Å²) in [6.45, 7) is 8.21. The molecule has 1 N–H and O–H groups in total. The first-order valence-corrected chi connectivity index (χ1v) is 6.70. The van der Waals surface area contributed by atoms with Crippen LogP contribution >= 0.6 is 0 Å². The molecule has 0 saturated carbocycles. The zero-order valence-corrected chi connectivity index (χ0v) is 11.7. The summed E-state index contributed by atoms with van der Waals surface area (Å²) < 4.78 is 0. The average molecular weight is 286 g/mol. The van der Waals surface area contributed by atoms with Crippen LogP contribution in [0.15, 0.2) is 49.6 Å². The number of hydrogen-bond donors (Lipinski definition) is 1. The van der Waals surface area contributed by atoms with Crippen molar-refractivity contribution in [2.75, 3.05) is 24.5 Å². The molecular weight excluding hydrogens is 268 g/mol. The largest absolute Gasteiger partial charge is 0.481 e. The molecule has 0 aliphatic carbocycles. The normalized spacial score (nSPS) is 16.2. The minimum Gasteiger partial charge on any atom is -0.481 e. The molecule has 5 heteroatoms. The van der Waals surface area contributed by atoms with E-state index in [4.69, 9.17) is 0 Å². The number of amides is 2. The van der Waals surface area contributed by atoms with E-state index in [0.717, 1.165) is 0 Å². The molecule has 0 aromatic heterocycles. The number of aliphatic carboxylic acids is 1. The molecule has 21 heavy (non-hydrogen) atoms. The van der Waals surface area contributed by atoms with E-state index in [9.17, 15) is 14.7 Å². The van der Waals surface area contributed by atoms with Crippen molar-refractivity contribution in [3.8, 4) is 0 Å². The Bertz CT molecular complexity index is 573. The molecule has 0 bridgehead atoms. The highest BCUT2D eigenvalue weighted by Gasteiger charge is 2.37. The van der Waals surface area contributed by atoms with E-state index in [1.165, 1.54) is 4.90 Å². The van der Waals surface area contributed by atoms with Gasteiger partial charge in [-0.05, 0) is 11.6 Å². The molecule has 0 saturated heterocycles. The Kier molecular flexibility index (Phi) is 4.42. The van der Waals surface area contributed by atoms with Crippen LogP contribution in [-0.2, 0) is 4.79 Å². The number of carboxylic acid groups (broad SMARTS) is 1. The number of hydrogen-bond acceptors (Lipinski definition) is 2. The van der Waals surface area contributed by atoms with Gasteiger partial charge in [0.25, 0.3) is 0 Å². The SMILES string of the molecule is C=CCN(CC=C)C(=O)N1CC(C(=O)O)c2ccccc21. The monoisotopic (exact) mass is 286 g/mol. The van der Waals surface area contributed by atoms with Crippen LogP contribution in [0.1, 0.15) is 11.5 Å². The van der Waals surface area contributed by atoms with Crippen molar-refractivity contribution < 1.29 is 14.7 Å². The van der Waals surface area contributed by atoms with Crippen molar-refractivity contribution in [1.82, 2.24) is 4.90 Å². The number of fused-ring (bicyclic) bond motifs is 1. The van der Waals surface area contributed by atoms with Gasteiger partial charge < -0.3 is 10.0 Å². The van der Waals surface area contributed by atoms with Gasteiger partial charge in [-0.1, -0.05) is 30.4 Å². The fourth-order valence-corrected chi connectivity index (χ4v) is 2.51. The standard InChI is InChI=1S/C16H18N2O3/c1-3-9-17(10-4-2)16(21)18-11-13(15(19)20)12-7-5-6-8-14(12)18/h3-8,13H,1-2,9-11H2,(H,19,20). The second-order valence-electron chi connectivity index (χ2n) is 4.83. The van der Waals surface area contributed by atoms with Crippen LogP contribution in [0.25, 0.3) is 0 Å². The summed E-state index contributed by atoms with van der Waals surface area (Å²) in [5.74, 6) is -1.60. The van der Waals surface area contributed by atoms with Crippen LogP contribution in [-0.4, -0.2) is 41.6 Å². The highest BCUT2D eigenvalue weighted by atomic mass is 16.4. The van der Waals surface area contributed by atoms with Gasteiger partial charge in [-0.15, -0.1) is 13.2 Å². The lowest BCUT2D eigenvalue weighted by atomic mass is 10.0. The van der Waals surface area contributed by atoms with E-state index in [1.54, 1.807) is 41.3 Å². The quantitative estimate of drug-likeness (QED) is 0.846. The molecule has 2 rings (SSSR count). The number of carbonyl (C=O) groups is 2. The maximum absolute atomic E-state index is 12.6. The van der Waals surface area contributed by atoms with E-state index >= 15 is 0 Å². The molecule has 1 unspecified atom stereocenters. The Morgan fingerprint density at radius 3 is 2.48 bits per heavy atom. The third-order valence-electron chi connectivity index (χ3n) is 3.47. The molecule has 1 atom stereocenters. The number of benzene rings is 1. The van der Waals surface area contributed by atoms with Crippen LogP contribution in [0.3, 0.4) is 0 Å². The molecule has 1 heterocycles. The van der Waals surface area contributed by atoms with E-state index in [1.807, 2.05) is 0 Å². The Morgan fingerprint density at radius 2 is 1.90 bits per heavy atom. The number of carbonyl (C=O) groups excluding carboxylic acids is 1. The first kappa shape index (κ1) is 14.8. The summed E-state index contributed by atoms with van der Waals surface area (Å²) in [5.41, 5.74) is 1.34. The van der Waals surface area contributed by atoms with Gasteiger partial charge in [-0.3, -0.25) is 9.69 Å². The van der Waals surface area contributed by atoms with Gasteiger partial charge in [-0.25, -0.2) is 4.79 Å². The van der Waals surface area contributed by atoms with Gasteiger partial charge >= 0.3 is 12.0 Å². The van der Waals surface area contributed by atoms with Crippen LogP contribution in [0.2, 0.25) is 0 Å². The number of nitrogens with zero attached hydrogens (tertiary/aromatic N) is 2. The fraction of sp³-hybridized carbons (Fsp3) is 0.250. The molecule has 5 nitrogen and oxygen atoms in total. The molecule has 1 aromatic rings. The van der Waals surface area contributed by atoms with Crippen molar-refractivity contribution in [3.63, 3.8) is 0 Å². The molecular formula is C16H18N2O3. The number of urea groups is 1. The highest BCUT2D eigenvalue weighted by molar-refractivity contribution is 5.98. The third-order valence-corrected chi connectivity index (χ3v) is 3.47. The van der Waals surface area contributed by atoms with Gasteiger partial charge in [0, 0.05) is 25.3 Å². The molecule has 1 aliphatic heterocycles. The zero-order chi connectivity index (χ0) is 15.4. The summed E-state index contributed by atoms with van der Waals surface area (Å²) in [6.07, 6.45) is 3.27. The predicted molar refractivity (Wildman–Crippen MR) is 81.5 cm³/mol. The molecule has 0 radical (unpaired) electrons. The Hall–Kier alpha value is -2.56. The van der Waals surface area contributed by atoms with Gasteiger partial charge in [-0.2, -0.15) is 0 Å². The number of rotatable bonds is 5. The van der Waals surface area contributed by atoms with E-state index < -0.39 is 11.9 Å². The zero-order valence-electron chi connectivity index (χ0n) is 11.7. The highest BCUT2D eigenvalue weighted by Crippen LogP contribution is 2.36. The summed E-state index contributed by atoms with van der Waals surface area (Å²) in [5, 5.41) is 9.32. The smallest absolute Gasteiger partial charge is 0.325 e. The van der Waals surface area contributed by atoms with Gasteiger partial charge in [0.15, 0.2) is 0 Å². The number of anilines is 1. The average Bonchev–Trinajstić information content (AvgIpc) is 2.86. The van der Waals surface area contributed by atoms with Crippen LogP contribution < -0.4 is 4.90 Å². The van der Waals surface area contributed by atoms with Gasteiger partial charge in [0.2, 0.25) is 0 Å². The third kappa shape index (κ3) is 2.81. The second kappa shape index (κ2) is 6.26. The van der Waals surface area contributed by atoms with Crippen molar-refractivity contribution in [3.05, 3.63) is 55.1 Å². The Balaban J connectivity index is 2.32. The van der Waals surface area contributed by atoms with Crippen molar-refractivity contribution in [2.24, 2.45) is 0 Å². The fourth-order valence-electron chi connectivity index (χ4n) is 2.51. The lowest BCUT2D eigenvalue weighted by Gasteiger charge is -2.26. The lowest BCUT2D eigenvalue weighted by molar-refractivity contribution is -0.138. The summed E-state index contributed by atoms with van der Waals surface area (Å²) in [6, 6.07) is 6.89. The summed E-state index contributed by atoms with van der Waals surface area (Å²) in [7, 11) is 0. The van der Waals surface area contributed by atoms with Crippen molar-refractivity contribution in [2.45, 2.75) is 5.92 Å². The maximum atomic E-state index is 12.6. The first-order valence-electron chi connectivity index (χ1n) is 6.70. The van der Waals surface area contributed by atoms with Crippen LogP contribution in [0.5, 0.6) is 0 Å². The van der Waals surface area contributed by atoms with Crippen LogP contribution in [0.4, 0.5) is 10.5 Å². The van der Waals surface area contributed by atoms with Crippen molar-refractivity contribution >= 4 is 17.7 Å². The number of para-hydroxylation sites is 1. The Morgan fingerprint density at radius 1 is 1.29 bits per heavy atom. The van der Waals surface area contributed by atoms with Crippen molar-refractivity contribution in [1.29, 1.82) is 0 Å². The molecule has 1 aromatic carbocycles. The first-order chi connectivity index (χ1) is 10.1. The predicted octanol–water partition coefficient (Wildman–Crippen LogP) is 2.47. The molecule has 1 aliphatic rings. The Labute approximate surface area is 123 Å². The second-order valence-corrected chi connectivity index (χ2v) is 4.83. The molecule has 0 spiro atoms. The maximum Gasteiger partial charge on any atom is 0.325 e. The molecule has 2 amide bonds. The lowest BCUT2D eigenvalue weighted by Crippen LogP contribution is -2.43. The topological polar surface area (TPSA) is 60.9 Å². The van der Waals surface area contributed by atoms with E-state index in [2.05, 4.69) is 13.2 Å². The minimum absolute atomic E-state index is 0.151. The van der Waals surface area contributed by atoms with E-state index in [-0.39, 0.29) is 12.6 Å². The van der Waals surface area contributed by atoms with Gasteiger partial charge in [0.05, 0.1) is 0 Å². The minimum atomic E-state index is -0.920.